The van der Waals surface area contributed by atoms with Crippen LogP contribution in [0.15, 0.2) is 24.3 Å². The Kier molecular flexibility index (Phi) is 4.62. The van der Waals surface area contributed by atoms with Crippen LogP contribution in [0.5, 0.6) is 0 Å². The topological polar surface area (TPSA) is 57.6 Å². The highest BCUT2D eigenvalue weighted by molar-refractivity contribution is 5.85. The molecular formula is C25H32FNO3. The van der Waals surface area contributed by atoms with Gasteiger partial charge in [-0.3, -0.25) is 9.59 Å². The molecule has 3 saturated carbocycles. The quantitative estimate of drug-likeness (QED) is 0.794. The Morgan fingerprint density at radius 1 is 1.07 bits per heavy atom. The first-order valence-electron chi connectivity index (χ1n) is 11.5. The van der Waals surface area contributed by atoms with Crippen LogP contribution in [0.25, 0.3) is 0 Å². The summed E-state index contributed by atoms with van der Waals surface area (Å²) in [6.45, 7) is 4.82. The molecule has 1 amide bonds. The zero-order valence-electron chi connectivity index (χ0n) is 17.9. The van der Waals surface area contributed by atoms with Crippen molar-refractivity contribution in [2.45, 2.75) is 77.5 Å². The zero-order valence-corrected chi connectivity index (χ0v) is 17.9. The number of piperidine rings is 1. The molecule has 1 aliphatic heterocycles. The first-order chi connectivity index (χ1) is 14.2. The fourth-order valence-electron chi connectivity index (χ4n) is 7.78. The van der Waals surface area contributed by atoms with Gasteiger partial charge >= 0.3 is 0 Å². The summed E-state index contributed by atoms with van der Waals surface area (Å²) in [5.74, 6) is 0.853. The maximum atomic E-state index is 13.5. The summed E-state index contributed by atoms with van der Waals surface area (Å²) < 4.78 is 13.3. The monoisotopic (exact) mass is 413 g/mol. The second-order valence-electron chi connectivity index (χ2n) is 10.7. The number of ketones is 1. The molecule has 0 aromatic heterocycles. The zero-order chi connectivity index (χ0) is 21.3. The van der Waals surface area contributed by atoms with E-state index in [9.17, 15) is 19.1 Å². The molecule has 0 bridgehead atoms. The third-order valence-corrected chi connectivity index (χ3v) is 9.29. The Morgan fingerprint density at radius 2 is 1.80 bits per heavy atom. The fourth-order valence-corrected chi connectivity index (χ4v) is 7.78. The molecule has 5 heteroatoms. The first-order valence-corrected chi connectivity index (χ1v) is 11.5. The normalized spacial score (nSPS) is 43.2. The number of amides is 1. The number of hydrogen-bond donors (Lipinski definition) is 1. The summed E-state index contributed by atoms with van der Waals surface area (Å²) >= 11 is 0. The van der Waals surface area contributed by atoms with Crippen LogP contribution in [0, 0.1) is 34.4 Å². The van der Waals surface area contributed by atoms with Crippen LogP contribution >= 0.6 is 0 Å². The predicted molar refractivity (Wildman–Crippen MR) is 111 cm³/mol. The molecule has 5 rings (SSSR count). The molecule has 7 atom stereocenters. The molecule has 1 unspecified atom stereocenters. The molecule has 1 aromatic carbocycles. The Bertz CT molecular complexity index is 870. The maximum Gasteiger partial charge on any atom is 0.223 e. The molecular weight excluding hydrogens is 381 g/mol. The molecule has 4 fully saturated rings. The summed E-state index contributed by atoms with van der Waals surface area (Å²) in [5.41, 5.74) is 0.431. The van der Waals surface area contributed by atoms with Crippen molar-refractivity contribution >= 4 is 11.7 Å². The molecule has 0 radical (unpaired) electrons. The van der Waals surface area contributed by atoms with E-state index in [0.29, 0.717) is 37.0 Å². The van der Waals surface area contributed by atoms with Crippen LogP contribution in [0.3, 0.4) is 0 Å². The highest BCUT2D eigenvalue weighted by Crippen LogP contribution is 2.63. The summed E-state index contributed by atoms with van der Waals surface area (Å²) in [7, 11) is 0. The van der Waals surface area contributed by atoms with Gasteiger partial charge in [0.1, 0.15) is 11.6 Å². The smallest absolute Gasteiger partial charge is 0.223 e. The Balaban J connectivity index is 1.46. The van der Waals surface area contributed by atoms with Gasteiger partial charge in [0.2, 0.25) is 5.91 Å². The lowest BCUT2D eigenvalue weighted by Crippen LogP contribution is -2.64. The largest absolute Gasteiger partial charge is 0.393 e. The van der Waals surface area contributed by atoms with E-state index < -0.39 is 0 Å². The van der Waals surface area contributed by atoms with Crippen LogP contribution in [-0.4, -0.2) is 33.8 Å². The van der Waals surface area contributed by atoms with E-state index in [1.165, 1.54) is 12.1 Å². The van der Waals surface area contributed by atoms with Crippen molar-refractivity contribution in [3.8, 4) is 0 Å². The molecule has 1 aromatic rings. The predicted octanol–water partition coefficient (Wildman–Crippen LogP) is 4.10. The Morgan fingerprint density at radius 3 is 2.53 bits per heavy atom. The van der Waals surface area contributed by atoms with E-state index in [4.69, 9.17) is 0 Å². The van der Waals surface area contributed by atoms with E-state index in [0.717, 1.165) is 37.7 Å². The summed E-state index contributed by atoms with van der Waals surface area (Å²) in [5, 5.41) is 10.6. The van der Waals surface area contributed by atoms with Crippen molar-refractivity contribution in [2.24, 2.45) is 28.6 Å². The van der Waals surface area contributed by atoms with Crippen molar-refractivity contribution in [3.05, 3.63) is 35.6 Å². The standard InChI is InChI=1S/C25H32FNO3/c1-24-12-11-22(30)27(14-15-3-5-16(26)6-4-15)20(24)9-7-17-18-8-10-21(29)25(18,2)13-19(28)23(17)24/h3-6,17-18,20-21,23,29H,7-14H2,1-2H3/t17-,18-,20?,21-,23+,24-,25-/m0/s1. The van der Waals surface area contributed by atoms with Crippen LogP contribution in [-0.2, 0) is 16.1 Å². The number of likely N-dealkylation sites (tertiary alicyclic amines) is 1. The SMILES string of the molecule is C[C@]12CC(=O)[C@H]3[C@@H](CCC4N(Cc5ccc(F)cc5)C(=O)CC[C@@]43C)[C@@H]1CC[C@@H]2O. The average Bonchev–Trinajstić information content (AvgIpc) is 3.00. The lowest BCUT2D eigenvalue weighted by molar-refractivity contribution is -0.173. The molecule has 30 heavy (non-hydrogen) atoms. The second kappa shape index (κ2) is 6.88. The van der Waals surface area contributed by atoms with Crippen LogP contribution in [0.1, 0.15) is 64.4 Å². The van der Waals surface area contributed by atoms with E-state index >= 15 is 0 Å². The summed E-state index contributed by atoms with van der Waals surface area (Å²) in [4.78, 5) is 28.4. The van der Waals surface area contributed by atoms with Gasteiger partial charge in [0.25, 0.3) is 0 Å². The molecule has 1 heterocycles. The van der Waals surface area contributed by atoms with E-state index in [1.54, 1.807) is 12.1 Å². The molecule has 3 aliphatic carbocycles. The number of carbonyl (C=O) groups excluding carboxylic acids is 2. The lowest BCUT2D eigenvalue weighted by atomic mass is 9.47. The minimum absolute atomic E-state index is 0.0246. The summed E-state index contributed by atoms with van der Waals surface area (Å²) in [6, 6.07) is 6.42. The second-order valence-corrected chi connectivity index (χ2v) is 10.7. The number of benzene rings is 1. The van der Waals surface area contributed by atoms with E-state index in [1.807, 2.05) is 4.90 Å². The highest BCUT2D eigenvalue weighted by Gasteiger charge is 2.64. The van der Waals surface area contributed by atoms with Crippen LogP contribution in [0.2, 0.25) is 0 Å². The number of hydrogen-bond acceptors (Lipinski definition) is 3. The number of aliphatic hydroxyl groups is 1. The average molecular weight is 414 g/mol. The maximum absolute atomic E-state index is 13.5. The molecule has 0 spiro atoms. The van der Waals surface area contributed by atoms with Gasteiger partial charge in [0.05, 0.1) is 6.10 Å². The molecule has 1 saturated heterocycles. The minimum atomic E-state index is -0.374. The van der Waals surface area contributed by atoms with Gasteiger partial charge in [0.15, 0.2) is 0 Å². The number of Topliss-reactive ketones (excluding diaryl/α,β-unsaturated/α-hetero) is 1. The summed E-state index contributed by atoms with van der Waals surface area (Å²) in [6.07, 6.45) is 4.97. The third-order valence-electron chi connectivity index (χ3n) is 9.29. The molecule has 4 nitrogen and oxygen atoms in total. The molecule has 1 N–H and O–H groups in total. The van der Waals surface area contributed by atoms with Crippen molar-refractivity contribution < 1.29 is 19.1 Å². The van der Waals surface area contributed by atoms with Gasteiger partial charge in [-0.25, -0.2) is 4.39 Å². The van der Waals surface area contributed by atoms with Crippen molar-refractivity contribution in [1.29, 1.82) is 0 Å². The van der Waals surface area contributed by atoms with Crippen LogP contribution < -0.4 is 0 Å². The number of halogens is 1. The van der Waals surface area contributed by atoms with Gasteiger partial charge in [-0.1, -0.05) is 26.0 Å². The number of nitrogens with zero attached hydrogens (tertiary/aromatic N) is 1. The van der Waals surface area contributed by atoms with Gasteiger partial charge in [-0.2, -0.15) is 0 Å². The minimum Gasteiger partial charge on any atom is -0.393 e. The van der Waals surface area contributed by atoms with Crippen molar-refractivity contribution in [2.75, 3.05) is 0 Å². The number of carbonyl (C=O) groups is 2. The van der Waals surface area contributed by atoms with Crippen molar-refractivity contribution in [3.63, 3.8) is 0 Å². The molecule has 4 aliphatic rings. The van der Waals surface area contributed by atoms with Gasteiger partial charge in [0, 0.05) is 36.8 Å². The van der Waals surface area contributed by atoms with Crippen LogP contribution in [0.4, 0.5) is 4.39 Å². The Hall–Kier alpha value is -1.75. The Labute approximate surface area is 177 Å². The number of aliphatic hydroxyl groups excluding tert-OH is 1. The lowest BCUT2D eigenvalue weighted by Gasteiger charge is -2.61. The third kappa shape index (κ3) is 2.80. The van der Waals surface area contributed by atoms with E-state index in [-0.39, 0.29) is 40.6 Å². The van der Waals surface area contributed by atoms with E-state index in [2.05, 4.69) is 13.8 Å². The fraction of sp³-hybridized carbons (Fsp3) is 0.680. The van der Waals surface area contributed by atoms with Gasteiger partial charge in [-0.15, -0.1) is 0 Å². The molecule has 162 valence electrons. The number of rotatable bonds is 2. The first kappa shape index (κ1) is 20.2. The van der Waals surface area contributed by atoms with Crippen molar-refractivity contribution in [1.82, 2.24) is 4.90 Å². The number of fused-ring (bicyclic) bond motifs is 5. The van der Waals surface area contributed by atoms with Gasteiger partial charge in [-0.05, 0) is 67.1 Å². The van der Waals surface area contributed by atoms with Gasteiger partial charge < -0.3 is 10.0 Å². The highest BCUT2D eigenvalue weighted by atomic mass is 19.1.